The maximum Gasteiger partial charge on any atom is 0.141 e. The number of ether oxygens (including phenoxy) is 1. The molecule has 1 heterocycles. The number of aryl methyl sites for hydroxylation is 2. The van der Waals surface area contributed by atoms with Crippen molar-refractivity contribution in [3.8, 4) is 5.75 Å². The summed E-state index contributed by atoms with van der Waals surface area (Å²) >= 11 is 0. The Morgan fingerprint density at radius 3 is 2.70 bits per heavy atom. The molecule has 0 radical (unpaired) electrons. The lowest BCUT2D eigenvalue weighted by Crippen LogP contribution is -2.19. The van der Waals surface area contributed by atoms with Gasteiger partial charge in [0.05, 0.1) is 18.8 Å². The molecule has 0 saturated carbocycles. The van der Waals surface area contributed by atoms with Crippen LogP contribution in [0.2, 0.25) is 0 Å². The molecular formula is C17H22N2O. The number of hydrogen-bond donors (Lipinski definition) is 1. The molecule has 0 saturated heterocycles. The maximum absolute atomic E-state index is 5.40. The SMILES string of the molecule is CNC(CCc1ccccc1C)c1ncccc1OC. The van der Waals surface area contributed by atoms with Crippen molar-refractivity contribution in [3.05, 3.63) is 59.4 Å². The monoisotopic (exact) mass is 270 g/mol. The molecule has 2 rings (SSSR count). The number of aromatic nitrogens is 1. The van der Waals surface area contributed by atoms with Crippen LogP contribution in [0.3, 0.4) is 0 Å². The van der Waals surface area contributed by atoms with Crippen LogP contribution in [0.25, 0.3) is 0 Å². The molecule has 1 N–H and O–H groups in total. The van der Waals surface area contributed by atoms with Crippen LogP contribution in [0.15, 0.2) is 42.6 Å². The summed E-state index contributed by atoms with van der Waals surface area (Å²) < 4.78 is 5.40. The van der Waals surface area contributed by atoms with Crippen molar-refractivity contribution in [3.63, 3.8) is 0 Å². The molecule has 1 aromatic heterocycles. The van der Waals surface area contributed by atoms with E-state index >= 15 is 0 Å². The third-order valence-corrected chi connectivity index (χ3v) is 3.66. The summed E-state index contributed by atoms with van der Waals surface area (Å²) in [7, 11) is 3.66. The minimum absolute atomic E-state index is 0.200. The quantitative estimate of drug-likeness (QED) is 0.874. The molecular weight excluding hydrogens is 248 g/mol. The number of hydrogen-bond acceptors (Lipinski definition) is 3. The summed E-state index contributed by atoms with van der Waals surface area (Å²) in [6, 6.07) is 12.6. The number of nitrogens with one attached hydrogen (secondary N) is 1. The van der Waals surface area contributed by atoms with Gasteiger partial charge in [0.15, 0.2) is 0 Å². The summed E-state index contributed by atoms with van der Waals surface area (Å²) in [6.45, 7) is 2.16. The Morgan fingerprint density at radius 2 is 2.00 bits per heavy atom. The van der Waals surface area contributed by atoms with Gasteiger partial charge in [0.2, 0.25) is 0 Å². The summed E-state index contributed by atoms with van der Waals surface area (Å²) in [5.41, 5.74) is 3.71. The Balaban J connectivity index is 2.11. The highest BCUT2D eigenvalue weighted by molar-refractivity contribution is 5.30. The topological polar surface area (TPSA) is 34.2 Å². The van der Waals surface area contributed by atoms with Crippen molar-refractivity contribution in [2.24, 2.45) is 0 Å². The molecule has 1 aromatic carbocycles. The van der Waals surface area contributed by atoms with Crippen LogP contribution in [0.5, 0.6) is 5.75 Å². The molecule has 3 heteroatoms. The molecule has 0 aliphatic heterocycles. The van der Waals surface area contributed by atoms with Crippen LogP contribution in [-0.2, 0) is 6.42 Å². The van der Waals surface area contributed by atoms with Crippen LogP contribution >= 0.6 is 0 Å². The van der Waals surface area contributed by atoms with Gasteiger partial charge in [-0.2, -0.15) is 0 Å². The highest BCUT2D eigenvalue weighted by atomic mass is 16.5. The fourth-order valence-electron chi connectivity index (χ4n) is 2.45. The molecule has 1 atom stereocenters. The van der Waals surface area contributed by atoms with Crippen LogP contribution in [-0.4, -0.2) is 19.1 Å². The minimum atomic E-state index is 0.200. The van der Waals surface area contributed by atoms with E-state index in [1.165, 1.54) is 11.1 Å². The number of pyridine rings is 1. The smallest absolute Gasteiger partial charge is 0.141 e. The average Bonchev–Trinajstić information content (AvgIpc) is 2.50. The molecule has 0 aliphatic carbocycles. The second kappa shape index (κ2) is 7.06. The largest absolute Gasteiger partial charge is 0.495 e. The number of nitrogens with zero attached hydrogens (tertiary/aromatic N) is 1. The lowest BCUT2D eigenvalue weighted by atomic mass is 9.99. The summed E-state index contributed by atoms with van der Waals surface area (Å²) in [5.74, 6) is 0.844. The molecule has 0 aliphatic rings. The van der Waals surface area contributed by atoms with Gasteiger partial charge in [-0.05, 0) is 50.1 Å². The van der Waals surface area contributed by atoms with E-state index in [1.54, 1.807) is 7.11 Å². The Morgan fingerprint density at radius 1 is 1.20 bits per heavy atom. The second-order valence-corrected chi connectivity index (χ2v) is 4.90. The van der Waals surface area contributed by atoms with Gasteiger partial charge in [-0.3, -0.25) is 4.98 Å². The molecule has 0 amide bonds. The Kier molecular flexibility index (Phi) is 5.13. The van der Waals surface area contributed by atoms with Gasteiger partial charge in [-0.25, -0.2) is 0 Å². The van der Waals surface area contributed by atoms with Crippen LogP contribution in [0, 0.1) is 6.92 Å². The molecule has 2 aromatic rings. The van der Waals surface area contributed by atoms with Crippen molar-refractivity contribution >= 4 is 0 Å². The molecule has 1 unspecified atom stereocenters. The molecule has 20 heavy (non-hydrogen) atoms. The van der Waals surface area contributed by atoms with Crippen molar-refractivity contribution < 1.29 is 4.74 Å². The average molecular weight is 270 g/mol. The number of methoxy groups -OCH3 is 1. The normalized spacial score (nSPS) is 12.2. The summed E-state index contributed by atoms with van der Waals surface area (Å²) in [5, 5.41) is 3.34. The first-order valence-electron chi connectivity index (χ1n) is 6.97. The first-order chi connectivity index (χ1) is 9.76. The zero-order chi connectivity index (χ0) is 14.4. The van der Waals surface area contributed by atoms with Gasteiger partial charge >= 0.3 is 0 Å². The fraction of sp³-hybridized carbons (Fsp3) is 0.353. The third kappa shape index (κ3) is 3.36. The van der Waals surface area contributed by atoms with Gasteiger partial charge < -0.3 is 10.1 Å². The summed E-state index contributed by atoms with van der Waals surface area (Å²) in [4.78, 5) is 4.47. The van der Waals surface area contributed by atoms with E-state index in [0.29, 0.717) is 0 Å². The van der Waals surface area contributed by atoms with Gasteiger partial charge in [-0.1, -0.05) is 24.3 Å². The van der Waals surface area contributed by atoms with Gasteiger partial charge in [-0.15, -0.1) is 0 Å². The highest BCUT2D eigenvalue weighted by Gasteiger charge is 2.15. The van der Waals surface area contributed by atoms with Crippen molar-refractivity contribution in [2.75, 3.05) is 14.2 Å². The minimum Gasteiger partial charge on any atom is -0.495 e. The predicted octanol–water partition coefficient (Wildman–Crippen LogP) is 3.29. The second-order valence-electron chi connectivity index (χ2n) is 4.90. The van der Waals surface area contributed by atoms with E-state index < -0.39 is 0 Å². The van der Waals surface area contributed by atoms with E-state index in [1.807, 2.05) is 25.4 Å². The molecule has 0 bridgehead atoms. The molecule has 106 valence electrons. The lowest BCUT2D eigenvalue weighted by molar-refractivity contribution is 0.393. The van der Waals surface area contributed by atoms with Gasteiger partial charge in [0, 0.05) is 6.20 Å². The van der Waals surface area contributed by atoms with Crippen LogP contribution in [0.4, 0.5) is 0 Å². The maximum atomic E-state index is 5.40. The standard InChI is InChI=1S/C17H22N2O/c1-13-7-4-5-8-14(13)10-11-15(18-2)17-16(20-3)9-6-12-19-17/h4-9,12,15,18H,10-11H2,1-3H3. The van der Waals surface area contributed by atoms with E-state index in [2.05, 4.69) is 41.5 Å². The van der Waals surface area contributed by atoms with E-state index in [0.717, 1.165) is 24.3 Å². The van der Waals surface area contributed by atoms with Crippen molar-refractivity contribution in [1.82, 2.24) is 10.3 Å². The number of rotatable bonds is 6. The molecule has 0 fully saturated rings. The zero-order valence-corrected chi connectivity index (χ0v) is 12.4. The van der Waals surface area contributed by atoms with Crippen LogP contribution in [0.1, 0.15) is 29.3 Å². The van der Waals surface area contributed by atoms with Gasteiger partial charge in [0.25, 0.3) is 0 Å². The Labute approximate surface area is 121 Å². The van der Waals surface area contributed by atoms with Gasteiger partial charge in [0.1, 0.15) is 5.75 Å². The lowest BCUT2D eigenvalue weighted by Gasteiger charge is -2.18. The van der Waals surface area contributed by atoms with Crippen LogP contribution < -0.4 is 10.1 Å². The Bertz CT molecular complexity index is 554. The number of benzene rings is 1. The molecule has 3 nitrogen and oxygen atoms in total. The van der Waals surface area contributed by atoms with Crippen molar-refractivity contribution in [2.45, 2.75) is 25.8 Å². The molecule has 0 spiro atoms. The third-order valence-electron chi connectivity index (χ3n) is 3.66. The first-order valence-corrected chi connectivity index (χ1v) is 6.97. The zero-order valence-electron chi connectivity index (χ0n) is 12.4. The predicted molar refractivity (Wildman–Crippen MR) is 82.1 cm³/mol. The van der Waals surface area contributed by atoms with Crippen molar-refractivity contribution in [1.29, 1.82) is 0 Å². The fourth-order valence-corrected chi connectivity index (χ4v) is 2.45. The Hall–Kier alpha value is -1.87. The first kappa shape index (κ1) is 14.5. The van der Waals surface area contributed by atoms with E-state index in [4.69, 9.17) is 4.74 Å². The van der Waals surface area contributed by atoms with E-state index in [-0.39, 0.29) is 6.04 Å². The summed E-state index contributed by atoms with van der Waals surface area (Å²) in [6.07, 6.45) is 3.84. The van der Waals surface area contributed by atoms with E-state index in [9.17, 15) is 0 Å². The highest BCUT2D eigenvalue weighted by Crippen LogP contribution is 2.26.